The van der Waals surface area contributed by atoms with Gasteiger partial charge in [-0.2, -0.15) is 4.31 Å². The van der Waals surface area contributed by atoms with Crippen molar-refractivity contribution in [3.63, 3.8) is 0 Å². The van der Waals surface area contributed by atoms with Gasteiger partial charge in [-0.3, -0.25) is 24.2 Å². The Hall–Kier alpha value is -2.66. The van der Waals surface area contributed by atoms with Crippen LogP contribution in [0.15, 0.2) is 24.5 Å². The second-order valence-corrected chi connectivity index (χ2v) is 9.20. The van der Waals surface area contributed by atoms with Crippen molar-refractivity contribution in [2.75, 3.05) is 13.1 Å². The molecule has 0 saturated carbocycles. The second kappa shape index (κ2) is 7.99. The topological polar surface area (TPSA) is 148 Å². The predicted octanol–water partition coefficient (Wildman–Crippen LogP) is -0.693. The lowest BCUT2D eigenvalue weighted by Gasteiger charge is -2.24. The van der Waals surface area contributed by atoms with Crippen molar-refractivity contribution in [3.05, 3.63) is 30.1 Å². The molecule has 3 atom stereocenters. The van der Waals surface area contributed by atoms with E-state index in [4.69, 9.17) is 5.73 Å². The summed E-state index contributed by atoms with van der Waals surface area (Å²) in [5, 5.41) is -1.13. The van der Waals surface area contributed by atoms with Gasteiger partial charge >= 0.3 is 0 Å². The van der Waals surface area contributed by atoms with Crippen LogP contribution in [0.3, 0.4) is 0 Å². The zero-order chi connectivity index (χ0) is 21.3. The lowest BCUT2D eigenvalue weighted by Crippen LogP contribution is -2.44. The SMILES string of the molecule is CC(CC(N)=O)CC(=O)N1CCC2C1C(=O)CN2S(=O)(=O)C(=O)c1cccnc1. The van der Waals surface area contributed by atoms with Crippen LogP contribution in [0.2, 0.25) is 0 Å². The number of likely N-dealkylation sites (tertiary alicyclic amines) is 1. The predicted molar refractivity (Wildman–Crippen MR) is 101 cm³/mol. The Balaban J connectivity index is 1.77. The molecule has 0 aromatic carbocycles. The van der Waals surface area contributed by atoms with E-state index >= 15 is 0 Å². The summed E-state index contributed by atoms with van der Waals surface area (Å²) in [4.78, 5) is 53.8. The van der Waals surface area contributed by atoms with E-state index in [0.717, 1.165) is 10.5 Å². The summed E-state index contributed by atoms with van der Waals surface area (Å²) in [7, 11) is -4.43. The van der Waals surface area contributed by atoms with Crippen molar-refractivity contribution in [3.8, 4) is 0 Å². The maximum Gasteiger partial charge on any atom is 0.293 e. The van der Waals surface area contributed by atoms with E-state index in [1.807, 2.05) is 0 Å². The van der Waals surface area contributed by atoms with Crippen LogP contribution in [0.1, 0.15) is 36.5 Å². The molecular weight excluding hydrogens is 400 g/mol. The Bertz CT molecular complexity index is 948. The van der Waals surface area contributed by atoms with Crippen LogP contribution in [0.4, 0.5) is 0 Å². The van der Waals surface area contributed by atoms with Crippen LogP contribution in [-0.2, 0) is 24.4 Å². The van der Waals surface area contributed by atoms with Crippen LogP contribution < -0.4 is 5.73 Å². The third-order valence-electron chi connectivity index (χ3n) is 5.21. The number of rotatable bonds is 6. The third kappa shape index (κ3) is 4.06. The van der Waals surface area contributed by atoms with E-state index in [1.54, 1.807) is 6.92 Å². The molecule has 0 aliphatic carbocycles. The highest BCUT2D eigenvalue weighted by atomic mass is 32.2. The van der Waals surface area contributed by atoms with Crippen molar-refractivity contribution in [1.82, 2.24) is 14.2 Å². The highest BCUT2D eigenvalue weighted by molar-refractivity contribution is 8.04. The molecule has 2 fully saturated rings. The minimum atomic E-state index is -4.43. The molecule has 0 radical (unpaired) electrons. The number of ketones is 1. The average molecular weight is 422 g/mol. The van der Waals surface area contributed by atoms with E-state index in [2.05, 4.69) is 4.98 Å². The molecule has 2 aliphatic rings. The number of primary amides is 1. The first kappa shape index (κ1) is 21.1. The highest BCUT2D eigenvalue weighted by Crippen LogP contribution is 2.33. The zero-order valence-electron chi connectivity index (χ0n) is 15.9. The van der Waals surface area contributed by atoms with Crippen LogP contribution in [0, 0.1) is 5.92 Å². The van der Waals surface area contributed by atoms with Gasteiger partial charge in [0.2, 0.25) is 11.8 Å². The number of carbonyl (C=O) groups excluding carboxylic acids is 4. The molecule has 0 bridgehead atoms. The standard InChI is InChI=1S/C18H22N4O6S/c1-11(7-15(19)24)8-16(25)21-6-4-13-17(21)14(23)10-22(13)29(27,28)18(26)12-3-2-5-20-9-12/h2-3,5,9,11,13,17H,4,6-8,10H2,1H3,(H2,19,24). The lowest BCUT2D eigenvalue weighted by molar-refractivity contribution is -0.137. The number of sulfonamides is 1. The number of hydrogen-bond donors (Lipinski definition) is 1. The van der Waals surface area contributed by atoms with Crippen molar-refractivity contribution in [2.45, 2.75) is 38.3 Å². The number of nitrogens with zero attached hydrogens (tertiary/aromatic N) is 3. The van der Waals surface area contributed by atoms with Gasteiger partial charge in [-0.05, 0) is 24.5 Å². The molecular formula is C18H22N4O6S. The van der Waals surface area contributed by atoms with E-state index in [1.165, 1.54) is 23.2 Å². The smallest absolute Gasteiger partial charge is 0.293 e. The molecule has 1 aromatic heterocycles. The molecule has 1 aromatic rings. The molecule has 2 amide bonds. The Morgan fingerprint density at radius 3 is 2.66 bits per heavy atom. The van der Waals surface area contributed by atoms with Gasteiger partial charge in [-0.1, -0.05) is 6.92 Å². The normalized spacial score (nSPS) is 23.1. The van der Waals surface area contributed by atoms with Gasteiger partial charge in [0.25, 0.3) is 15.1 Å². The van der Waals surface area contributed by atoms with E-state index < -0.39 is 45.5 Å². The minimum absolute atomic E-state index is 0.0286. The van der Waals surface area contributed by atoms with Crippen LogP contribution in [0.25, 0.3) is 0 Å². The van der Waals surface area contributed by atoms with E-state index in [9.17, 15) is 27.6 Å². The summed E-state index contributed by atoms with van der Waals surface area (Å²) in [6, 6.07) is 1.10. The number of nitrogens with two attached hydrogens (primary N) is 1. The molecule has 10 nitrogen and oxygen atoms in total. The summed E-state index contributed by atoms with van der Waals surface area (Å²) in [5.41, 5.74) is 5.06. The third-order valence-corrected chi connectivity index (χ3v) is 6.93. The summed E-state index contributed by atoms with van der Waals surface area (Å²) in [6.45, 7) is 1.45. The van der Waals surface area contributed by atoms with Crippen molar-refractivity contribution in [1.29, 1.82) is 0 Å². The summed E-state index contributed by atoms with van der Waals surface area (Å²) >= 11 is 0. The van der Waals surface area contributed by atoms with E-state index in [0.29, 0.717) is 0 Å². The van der Waals surface area contributed by atoms with Crippen molar-refractivity contribution < 1.29 is 27.6 Å². The lowest BCUT2D eigenvalue weighted by atomic mass is 10.0. The number of Topliss-reactive ketones (excluding diaryl/α,β-unsaturated/α-hetero) is 1. The van der Waals surface area contributed by atoms with Crippen LogP contribution >= 0.6 is 0 Å². The Kier molecular flexibility index (Phi) is 5.80. The Morgan fingerprint density at radius 2 is 2.03 bits per heavy atom. The monoisotopic (exact) mass is 422 g/mol. The molecule has 3 rings (SSSR count). The number of aromatic nitrogens is 1. The first-order valence-corrected chi connectivity index (χ1v) is 10.6. The van der Waals surface area contributed by atoms with Gasteiger partial charge in [0.05, 0.1) is 18.2 Å². The van der Waals surface area contributed by atoms with Crippen molar-refractivity contribution >= 4 is 32.7 Å². The number of carbonyl (C=O) groups is 4. The maximum absolute atomic E-state index is 12.8. The largest absolute Gasteiger partial charge is 0.370 e. The fourth-order valence-electron chi connectivity index (χ4n) is 3.94. The van der Waals surface area contributed by atoms with Gasteiger partial charge < -0.3 is 10.6 Å². The van der Waals surface area contributed by atoms with Crippen LogP contribution in [0.5, 0.6) is 0 Å². The number of pyridine rings is 1. The molecule has 2 aliphatic heterocycles. The quantitative estimate of drug-likeness (QED) is 0.638. The molecule has 2 saturated heterocycles. The van der Waals surface area contributed by atoms with E-state index in [-0.39, 0.29) is 43.2 Å². The molecule has 156 valence electrons. The van der Waals surface area contributed by atoms with Gasteiger partial charge in [-0.15, -0.1) is 0 Å². The minimum Gasteiger partial charge on any atom is -0.370 e. The average Bonchev–Trinajstić information content (AvgIpc) is 3.22. The van der Waals surface area contributed by atoms with Gasteiger partial charge in [0.15, 0.2) is 5.78 Å². The van der Waals surface area contributed by atoms with Crippen LogP contribution in [-0.4, -0.2) is 70.5 Å². The summed E-state index contributed by atoms with van der Waals surface area (Å²) in [5.74, 6) is -1.57. The number of fused-ring (bicyclic) bond motifs is 1. The first-order chi connectivity index (χ1) is 13.6. The maximum atomic E-state index is 12.8. The zero-order valence-corrected chi connectivity index (χ0v) is 16.7. The highest BCUT2D eigenvalue weighted by Gasteiger charge is 2.54. The Morgan fingerprint density at radius 1 is 1.31 bits per heavy atom. The molecule has 29 heavy (non-hydrogen) atoms. The summed E-state index contributed by atoms with van der Waals surface area (Å²) < 4.78 is 26.6. The second-order valence-electron chi connectivity index (χ2n) is 7.41. The van der Waals surface area contributed by atoms with Crippen molar-refractivity contribution in [2.24, 2.45) is 11.7 Å². The molecule has 11 heteroatoms. The fraction of sp³-hybridized carbons (Fsp3) is 0.500. The number of amides is 2. The Labute approximate surface area is 168 Å². The number of hydrogen-bond acceptors (Lipinski definition) is 7. The molecule has 3 unspecified atom stereocenters. The summed E-state index contributed by atoms with van der Waals surface area (Å²) in [6.07, 6.45) is 2.90. The van der Waals surface area contributed by atoms with Gasteiger partial charge in [-0.25, -0.2) is 8.42 Å². The molecule has 3 heterocycles. The first-order valence-electron chi connectivity index (χ1n) is 9.19. The molecule has 2 N–H and O–H groups in total. The fourth-order valence-corrected chi connectivity index (χ4v) is 5.45. The van der Waals surface area contributed by atoms with Gasteiger partial charge in [0, 0.05) is 31.8 Å². The molecule has 0 spiro atoms. The van der Waals surface area contributed by atoms with Gasteiger partial charge in [0.1, 0.15) is 6.04 Å².